The zero-order chi connectivity index (χ0) is 17.9. The number of benzene rings is 1. The first-order valence-electron chi connectivity index (χ1n) is 7.84. The summed E-state index contributed by atoms with van der Waals surface area (Å²) in [6.07, 6.45) is 2.03. The molecule has 0 saturated carbocycles. The Balaban J connectivity index is 2.38. The quantitative estimate of drug-likeness (QED) is 0.675. The zero-order valence-electron chi connectivity index (χ0n) is 14.1. The van der Waals surface area contributed by atoms with E-state index < -0.39 is 18.5 Å². The molecule has 0 aromatic heterocycles. The van der Waals surface area contributed by atoms with Gasteiger partial charge in [-0.25, -0.2) is 4.79 Å². The van der Waals surface area contributed by atoms with Crippen molar-refractivity contribution in [3.05, 3.63) is 29.8 Å². The average molecular weight is 336 g/mol. The van der Waals surface area contributed by atoms with E-state index in [1.807, 2.05) is 19.1 Å². The molecular weight excluding hydrogens is 312 g/mol. The number of aliphatic carboxylic acids is 1. The van der Waals surface area contributed by atoms with Crippen LogP contribution >= 0.6 is 0 Å². The van der Waals surface area contributed by atoms with Crippen molar-refractivity contribution in [3.63, 3.8) is 0 Å². The molecule has 0 radical (unpaired) electrons. The first-order valence-corrected chi connectivity index (χ1v) is 7.84. The maximum atomic E-state index is 11.9. The molecule has 24 heavy (non-hydrogen) atoms. The number of carbonyl (C=O) groups is 3. The molecule has 0 aliphatic heterocycles. The van der Waals surface area contributed by atoms with Gasteiger partial charge in [0.15, 0.2) is 0 Å². The van der Waals surface area contributed by atoms with Gasteiger partial charge in [-0.3, -0.25) is 9.59 Å². The van der Waals surface area contributed by atoms with E-state index >= 15 is 0 Å². The topological polar surface area (TPSA) is 95.9 Å². The molecular formula is C17H24N2O5. The summed E-state index contributed by atoms with van der Waals surface area (Å²) in [5.74, 6) is -1.42. The Labute approximate surface area is 141 Å². The monoisotopic (exact) mass is 336 g/mol. The number of hydrogen-bond acceptors (Lipinski definition) is 4. The summed E-state index contributed by atoms with van der Waals surface area (Å²) < 4.78 is 4.71. The summed E-state index contributed by atoms with van der Waals surface area (Å²) in [6.45, 7) is 1.97. The van der Waals surface area contributed by atoms with Crippen LogP contribution in [0.5, 0.6) is 0 Å². The number of amides is 2. The summed E-state index contributed by atoms with van der Waals surface area (Å²) in [5, 5.41) is 11.0. The maximum absolute atomic E-state index is 11.9. The van der Waals surface area contributed by atoms with Crippen molar-refractivity contribution >= 4 is 23.5 Å². The van der Waals surface area contributed by atoms with Gasteiger partial charge in [-0.2, -0.15) is 0 Å². The van der Waals surface area contributed by atoms with Crippen LogP contribution in [-0.2, 0) is 25.5 Å². The number of nitrogens with zero attached hydrogens (tertiary/aromatic N) is 1. The second kappa shape index (κ2) is 10.4. The number of aryl methyl sites for hydroxylation is 1. The summed E-state index contributed by atoms with van der Waals surface area (Å²) in [7, 11) is 1.80. The molecule has 0 aliphatic rings. The van der Waals surface area contributed by atoms with Gasteiger partial charge >= 0.3 is 5.97 Å². The van der Waals surface area contributed by atoms with Gasteiger partial charge in [-0.15, -0.1) is 0 Å². The van der Waals surface area contributed by atoms with Gasteiger partial charge in [-0.1, -0.05) is 19.1 Å². The lowest BCUT2D eigenvalue weighted by Gasteiger charge is -2.15. The van der Waals surface area contributed by atoms with Crippen molar-refractivity contribution in [1.29, 1.82) is 0 Å². The van der Waals surface area contributed by atoms with E-state index in [9.17, 15) is 14.4 Å². The zero-order valence-corrected chi connectivity index (χ0v) is 14.1. The first kappa shape index (κ1) is 19.6. The summed E-state index contributed by atoms with van der Waals surface area (Å²) in [4.78, 5) is 35.4. The lowest BCUT2D eigenvalue weighted by molar-refractivity contribution is -0.143. The second-order valence-electron chi connectivity index (χ2n) is 5.45. The molecule has 0 atom stereocenters. The normalized spacial score (nSPS) is 10.2. The minimum Gasteiger partial charge on any atom is -0.480 e. The van der Waals surface area contributed by atoms with Crippen LogP contribution in [0.4, 0.5) is 5.69 Å². The number of hydrogen-bond donors (Lipinski definition) is 2. The van der Waals surface area contributed by atoms with Crippen LogP contribution in [-0.4, -0.2) is 54.6 Å². The fraction of sp³-hybridized carbons (Fsp3) is 0.471. The van der Waals surface area contributed by atoms with E-state index in [1.165, 1.54) is 0 Å². The summed E-state index contributed by atoms with van der Waals surface area (Å²) in [5.41, 5.74) is 1.60. The SMILES string of the molecule is CCCN(C)C(=O)CCc1ccc(NC(=O)COCC(=O)O)cc1. The van der Waals surface area contributed by atoms with Crippen molar-refractivity contribution in [2.45, 2.75) is 26.2 Å². The lowest BCUT2D eigenvalue weighted by atomic mass is 10.1. The van der Waals surface area contributed by atoms with Gasteiger partial charge in [0.05, 0.1) is 0 Å². The highest BCUT2D eigenvalue weighted by molar-refractivity contribution is 5.91. The maximum Gasteiger partial charge on any atom is 0.329 e. The van der Waals surface area contributed by atoms with Gasteiger partial charge in [0.25, 0.3) is 0 Å². The third-order valence-electron chi connectivity index (χ3n) is 3.31. The highest BCUT2D eigenvalue weighted by Crippen LogP contribution is 2.11. The number of carboxylic acids is 1. The highest BCUT2D eigenvalue weighted by Gasteiger charge is 2.08. The molecule has 0 unspecified atom stereocenters. The van der Waals surface area contributed by atoms with Crippen LogP contribution in [0.15, 0.2) is 24.3 Å². The standard InChI is InChI=1S/C17H24N2O5/c1-3-10-19(2)16(21)9-6-13-4-7-14(8-5-13)18-15(20)11-24-12-17(22)23/h4-5,7-8H,3,6,9-12H2,1-2H3,(H,18,20)(H,22,23). The molecule has 1 aromatic rings. The minimum atomic E-state index is -1.12. The average Bonchev–Trinajstić information content (AvgIpc) is 2.53. The molecule has 1 aromatic carbocycles. The predicted octanol–water partition coefficient (Wildman–Crippen LogP) is 1.53. The van der Waals surface area contributed by atoms with Crippen molar-refractivity contribution < 1.29 is 24.2 Å². The van der Waals surface area contributed by atoms with Gasteiger partial charge in [0.1, 0.15) is 13.2 Å². The number of carbonyl (C=O) groups excluding carboxylic acids is 2. The minimum absolute atomic E-state index is 0.116. The molecule has 7 heteroatoms. The van der Waals surface area contributed by atoms with E-state index in [2.05, 4.69) is 5.32 Å². The van der Waals surface area contributed by atoms with Crippen molar-refractivity contribution in [3.8, 4) is 0 Å². The van der Waals surface area contributed by atoms with E-state index in [0.717, 1.165) is 18.5 Å². The molecule has 2 N–H and O–H groups in total. The number of rotatable bonds is 10. The first-order chi connectivity index (χ1) is 11.4. The Kier molecular flexibility index (Phi) is 8.49. The largest absolute Gasteiger partial charge is 0.480 e. The summed E-state index contributed by atoms with van der Waals surface area (Å²) >= 11 is 0. The molecule has 0 saturated heterocycles. The third kappa shape index (κ3) is 7.73. The van der Waals surface area contributed by atoms with Gasteiger partial charge in [-0.05, 0) is 30.5 Å². The Morgan fingerprint density at radius 2 is 1.83 bits per heavy atom. The number of anilines is 1. The van der Waals surface area contributed by atoms with Crippen molar-refractivity contribution in [2.24, 2.45) is 0 Å². The van der Waals surface area contributed by atoms with E-state index in [1.54, 1.807) is 24.1 Å². The smallest absolute Gasteiger partial charge is 0.329 e. The fourth-order valence-electron chi connectivity index (χ4n) is 2.09. The van der Waals surface area contributed by atoms with E-state index in [0.29, 0.717) is 18.5 Å². The van der Waals surface area contributed by atoms with Crippen LogP contribution in [0.2, 0.25) is 0 Å². The molecule has 0 aliphatic carbocycles. The Bertz CT molecular complexity index is 557. The van der Waals surface area contributed by atoms with Crippen LogP contribution in [0.1, 0.15) is 25.3 Å². The van der Waals surface area contributed by atoms with Gasteiger partial charge in [0, 0.05) is 25.7 Å². The van der Waals surface area contributed by atoms with Crippen LogP contribution < -0.4 is 5.32 Å². The molecule has 2 amide bonds. The number of ether oxygens (including phenoxy) is 1. The Morgan fingerprint density at radius 3 is 2.42 bits per heavy atom. The number of carboxylic acid groups (broad SMARTS) is 1. The van der Waals surface area contributed by atoms with E-state index in [4.69, 9.17) is 9.84 Å². The van der Waals surface area contributed by atoms with Crippen molar-refractivity contribution in [1.82, 2.24) is 4.90 Å². The van der Waals surface area contributed by atoms with Crippen LogP contribution in [0.25, 0.3) is 0 Å². The summed E-state index contributed by atoms with van der Waals surface area (Å²) in [6, 6.07) is 7.18. The second-order valence-corrected chi connectivity index (χ2v) is 5.45. The molecule has 132 valence electrons. The third-order valence-corrected chi connectivity index (χ3v) is 3.31. The Morgan fingerprint density at radius 1 is 1.17 bits per heavy atom. The molecule has 0 heterocycles. The van der Waals surface area contributed by atoms with Crippen molar-refractivity contribution in [2.75, 3.05) is 32.1 Å². The number of nitrogens with one attached hydrogen (secondary N) is 1. The highest BCUT2D eigenvalue weighted by atomic mass is 16.5. The van der Waals surface area contributed by atoms with Crippen LogP contribution in [0.3, 0.4) is 0 Å². The van der Waals surface area contributed by atoms with Gasteiger partial charge in [0.2, 0.25) is 11.8 Å². The van der Waals surface area contributed by atoms with Gasteiger partial charge < -0.3 is 20.1 Å². The van der Waals surface area contributed by atoms with E-state index in [-0.39, 0.29) is 12.5 Å². The van der Waals surface area contributed by atoms with Crippen LogP contribution in [0, 0.1) is 0 Å². The lowest BCUT2D eigenvalue weighted by Crippen LogP contribution is -2.27. The predicted molar refractivity (Wildman–Crippen MR) is 89.8 cm³/mol. The fourth-order valence-corrected chi connectivity index (χ4v) is 2.09. The molecule has 0 fully saturated rings. The molecule has 0 bridgehead atoms. The molecule has 1 rings (SSSR count). The molecule has 0 spiro atoms. The molecule has 7 nitrogen and oxygen atoms in total. The Hall–Kier alpha value is -2.41.